The number of rotatable bonds is 9. The van der Waals surface area contributed by atoms with Gasteiger partial charge in [0.25, 0.3) is 5.91 Å². The second-order valence-electron chi connectivity index (χ2n) is 13.7. The van der Waals surface area contributed by atoms with Gasteiger partial charge in [-0.05, 0) is 59.6 Å². The van der Waals surface area contributed by atoms with Crippen LogP contribution in [0.3, 0.4) is 0 Å². The molecule has 0 unspecified atom stereocenters. The molecule has 9 nitrogen and oxygen atoms in total. The van der Waals surface area contributed by atoms with Crippen LogP contribution in [0.25, 0.3) is 11.4 Å². The van der Waals surface area contributed by atoms with E-state index >= 15 is 0 Å². The molecule has 4 aromatic rings. The molecule has 4 heterocycles. The number of piperidine rings is 1. The van der Waals surface area contributed by atoms with Crippen molar-refractivity contribution in [1.82, 2.24) is 20.2 Å². The summed E-state index contributed by atoms with van der Waals surface area (Å²) in [5.74, 6) is -0.974. The maximum atomic E-state index is 13.5. The standard InChI is InChI=1S/C37H40ClN5O4S/c1-37(2,3)32-13-12-31(48-32)34(44)41-30(35(45)43-21-27(22-43)36(46)47)18-23-4-6-26(7-5-23)33-39-19-29(20-40-33)42-16-14-25(15-17-42)24-8-10-28(38)11-9-24/h4-13,19-20,25,27,30H,14-18,21-22H2,1-3H3,(H,41,44)(H,46,47)/t30-/m0/s1. The van der Waals surface area contributed by atoms with Gasteiger partial charge < -0.3 is 20.2 Å². The summed E-state index contributed by atoms with van der Waals surface area (Å²) in [6.45, 7) is 8.41. The van der Waals surface area contributed by atoms with Gasteiger partial charge in [0, 0.05) is 48.1 Å². The van der Waals surface area contributed by atoms with E-state index in [2.05, 4.69) is 53.1 Å². The molecule has 2 aliphatic rings. The van der Waals surface area contributed by atoms with E-state index in [1.165, 1.54) is 21.8 Å². The van der Waals surface area contributed by atoms with Crippen LogP contribution in [-0.2, 0) is 21.4 Å². The zero-order valence-electron chi connectivity index (χ0n) is 27.4. The van der Waals surface area contributed by atoms with Gasteiger partial charge in [-0.15, -0.1) is 11.3 Å². The zero-order valence-corrected chi connectivity index (χ0v) is 28.9. The molecule has 0 bridgehead atoms. The Kier molecular flexibility index (Phi) is 9.85. The summed E-state index contributed by atoms with van der Waals surface area (Å²) in [5, 5.41) is 13.0. The van der Waals surface area contributed by atoms with E-state index in [1.54, 1.807) is 6.07 Å². The van der Waals surface area contributed by atoms with Crippen LogP contribution in [0.4, 0.5) is 5.69 Å². The van der Waals surface area contributed by atoms with Gasteiger partial charge in [-0.25, -0.2) is 9.97 Å². The van der Waals surface area contributed by atoms with Crippen LogP contribution in [0.2, 0.25) is 5.02 Å². The van der Waals surface area contributed by atoms with Crippen LogP contribution in [0.15, 0.2) is 73.1 Å². The van der Waals surface area contributed by atoms with Crippen molar-refractivity contribution < 1.29 is 19.5 Å². The van der Waals surface area contributed by atoms with Gasteiger partial charge in [-0.1, -0.05) is 68.8 Å². The number of hydrogen-bond donors (Lipinski definition) is 2. The molecule has 2 aromatic carbocycles. The first-order valence-corrected chi connectivity index (χ1v) is 17.5. The number of aromatic nitrogens is 2. The molecule has 2 aromatic heterocycles. The Morgan fingerprint density at radius 3 is 2.19 bits per heavy atom. The fourth-order valence-corrected chi connectivity index (χ4v) is 7.29. The normalized spacial score (nSPS) is 16.3. The highest BCUT2D eigenvalue weighted by molar-refractivity contribution is 7.14. The summed E-state index contributed by atoms with van der Waals surface area (Å²) in [6.07, 6.45) is 6.12. The molecule has 1 atom stereocenters. The quantitative estimate of drug-likeness (QED) is 0.209. The van der Waals surface area contributed by atoms with Crippen molar-refractivity contribution in [3.63, 3.8) is 0 Å². The molecule has 6 rings (SSSR count). The average molecular weight is 686 g/mol. The topological polar surface area (TPSA) is 116 Å². The SMILES string of the molecule is CC(C)(C)c1ccc(C(=O)N[C@@H](Cc2ccc(-c3ncc(N4CCC(c5ccc(Cl)cc5)CC4)cn3)cc2)C(=O)N2CC(C(=O)O)C2)s1. The minimum atomic E-state index is -0.919. The predicted octanol–water partition coefficient (Wildman–Crippen LogP) is 6.42. The molecule has 11 heteroatoms. The van der Waals surface area contributed by atoms with Crippen LogP contribution >= 0.6 is 22.9 Å². The Hall–Kier alpha value is -4.28. The van der Waals surface area contributed by atoms with Gasteiger partial charge in [0.05, 0.1) is 28.9 Å². The Morgan fingerprint density at radius 2 is 1.60 bits per heavy atom. The Morgan fingerprint density at radius 1 is 0.958 bits per heavy atom. The lowest BCUT2D eigenvalue weighted by Gasteiger charge is -2.38. The van der Waals surface area contributed by atoms with Crippen LogP contribution < -0.4 is 10.2 Å². The third-order valence-electron chi connectivity index (χ3n) is 9.21. The monoisotopic (exact) mass is 685 g/mol. The van der Waals surface area contributed by atoms with E-state index in [-0.39, 0.29) is 36.7 Å². The van der Waals surface area contributed by atoms with Crippen molar-refractivity contribution in [3.8, 4) is 11.4 Å². The summed E-state index contributed by atoms with van der Waals surface area (Å²) in [6, 6.07) is 18.7. The maximum absolute atomic E-state index is 13.5. The number of thiophene rings is 1. The van der Waals surface area contributed by atoms with Crippen molar-refractivity contribution >= 4 is 46.4 Å². The van der Waals surface area contributed by atoms with Crippen LogP contribution in [0.1, 0.15) is 65.2 Å². The smallest absolute Gasteiger partial charge is 0.310 e. The number of halogens is 1. The fraction of sp³-hybridized carbons (Fsp3) is 0.378. The lowest BCUT2D eigenvalue weighted by molar-refractivity contribution is -0.153. The highest BCUT2D eigenvalue weighted by atomic mass is 35.5. The van der Waals surface area contributed by atoms with Crippen LogP contribution in [0, 0.1) is 5.92 Å². The van der Waals surface area contributed by atoms with E-state index in [0.717, 1.165) is 52.6 Å². The number of carbonyl (C=O) groups excluding carboxylic acids is 2. The largest absolute Gasteiger partial charge is 0.481 e. The molecule has 2 fully saturated rings. The lowest BCUT2D eigenvalue weighted by Crippen LogP contribution is -2.59. The van der Waals surface area contributed by atoms with Gasteiger partial charge in [-0.3, -0.25) is 14.4 Å². The number of hydrogen-bond acceptors (Lipinski definition) is 7. The number of nitrogens with one attached hydrogen (secondary N) is 1. The lowest BCUT2D eigenvalue weighted by atomic mass is 9.89. The summed E-state index contributed by atoms with van der Waals surface area (Å²) < 4.78 is 0. The van der Waals surface area contributed by atoms with Crippen molar-refractivity contribution in [2.24, 2.45) is 5.92 Å². The van der Waals surface area contributed by atoms with E-state index < -0.39 is 17.9 Å². The van der Waals surface area contributed by atoms with Crippen LogP contribution in [0.5, 0.6) is 0 Å². The predicted molar refractivity (Wildman–Crippen MR) is 189 cm³/mol. The maximum Gasteiger partial charge on any atom is 0.310 e. The molecule has 0 radical (unpaired) electrons. The number of aliphatic carboxylic acids is 1. The van der Waals surface area contributed by atoms with Crippen molar-refractivity contribution in [3.05, 3.63) is 99.0 Å². The summed E-state index contributed by atoms with van der Waals surface area (Å²) in [5.41, 5.74) is 3.94. The van der Waals surface area contributed by atoms with E-state index in [1.807, 2.05) is 54.9 Å². The number of nitrogens with zero attached hydrogens (tertiary/aromatic N) is 4. The molecule has 2 aliphatic heterocycles. The first kappa shape index (κ1) is 33.6. The molecule has 0 aliphatic carbocycles. The molecule has 2 amide bonds. The summed E-state index contributed by atoms with van der Waals surface area (Å²) in [4.78, 5) is 52.8. The molecular formula is C37H40ClN5O4S. The van der Waals surface area contributed by atoms with Crippen LogP contribution in [-0.4, -0.2) is 70.0 Å². The number of likely N-dealkylation sites (tertiary alicyclic amines) is 1. The number of carboxylic acid groups (broad SMARTS) is 1. The molecule has 250 valence electrons. The highest BCUT2D eigenvalue weighted by Crippen LogP contribution is 2.32. The van der Waals surface area contributed by atoms with Gasteiger partial charge in [-0.2, -0.15) is 0 Å². The van der Waals surface area contributed by atoms with E-state index in [0.29, 0.717) is 16.6 Å². The first-order valence-electron chi connectivity index (χ1n) is 16.3. The zero-order chi connectivity index (χ0) is 34.0. The molecule has 48 heavy (non-hydrogen) atoms. The Balaban J connectivity index is 1.10. The average Bonchev–Trinajstić information content (AvgIpc) is 3.56. The Bertz CT molecular complexity index is 1760. The third kappa shape index (κ3) is 7.71. The van der Waals surface area contributed by atoms with Gasteiger partial charge >= 0.3 is 5.97 Å². The number of carboxylic acids is 1. The first-order chi connectivity index (χ1) is 22.9. The minimum Gasteiger partial charge on any atom is -0.481 e. The second kappa shape index (κ2) is 14.1. The van der Waals surface area contributed by atoms with Crippen molar-refractivity contribution in [2.45, 2.75) is 57.4 Å². The van der Waals surface area contributed by atoms with Crippen molar-refractivity contribution in [1.29, 1.82) is 0 Å². The minimum absolute atomic E-state index is 0.0939. The second-order valence-corrected chi connectivity index (χ2v) is 15.2. The molecule has 0 spiro atoms. The number of benzene rings is 2. The molecule has 2 N–H and O–H groups in total. The summed E-state index contributed by atoms with van der Waals surface area (Å²) >= 11 is 7.48. The van der Waals surface area contributed by atoms with Crippen molar-refractivity contribution in [2.75, 3.05) is 31.1 Å². The highest BCUT2D eigenvalue weighted by Gasteiger charge is 2.39. The molecular weight excluding hydrogens is 646 g/mol. The number of anilines is 1. The summed E-state index contributed by atoms with van der Waals surface area (Å²) in [7, 11) is 0. The van der Waals surface area contributed by atoms with Gasteiger partial charge in [0.2, 0.25) is 5.91 Å². The van der Waals surface area contributed by atoms with E-state index in [9.17, 15) is 19.5 Å². The molecule has 0 saturated carbocycles. The fourth-order valence-electron chi connectivity index (χ4n) is 6.19. The molecule has 2 saturated heterocycles. The Labute approximate surface area is 290 Å². The van der Waals surface area contributed by atoms with Gasteiger partial charge in [0.1, 0.15) is 6.04 Å². The number of amides is 2. The van der Waals surface area contributed by atoms with Gasteiger partial charge in [0.15, 0.2) is 5.82 Å². The number of carbonyl (C=O) groups is 3. The third-order valence-corrected chi connectivity index (χ3v) is 11.0. The van der Waals surface area contributed by atoms with E-state index in [4.69, 9.17) is 11.6 Å².